The van der Waals surface area contributed by atoms with Gasteiger partial charge in [-0.3, -0.25) is 0 Å². The Balaban J connectivity index is 1.53. The van der Waals surface area contributed by atoms with Crippen LogP contribution in [-0.2, 0) is 19.9 Å². The number of aromatic nitrogens is 2. The SMILES string of the molecule is Cn1ccnc1CC(O)C1C2CCc3ccccc3C21. The molecular formula is C17H20N2O. The third kappa shape index (κ3) is 1.80. The van der Waals surface area contributed by atoms with Crippen molar-refractivity contribution in [1.82, 2.24) is 9.55 Å². The molecule has 1 heterocycles. The number of rotatable bonds is 3. The van der Waals surface area contributed by atoms with Crippen molar-refractivity contribution in [3.05, 3.63) is 53.6 Å². The summed E-state index contributed by atoms with van der Waals surface area (Å²) in [6, 6.07) is 8.74. The predicted molar refractivity (Wildman–Crippen MR) is 77.4 cm³/mol. The molecule has 104 valence electrons. The van der Waals surface area contributed by atoms with Gasteiger partial charge in [-0.25, -0.2) is 4.98 Å². The third-order valence-corrected chi connectivity index (χ3v) is 5.15. The standard InChI is InChI=1S/C17H20N2O/c1-19-9-8-18-15(19)10-14(20)17-13-7-6-11-4-2-3-5-12(11)16(13)17/h2-5,8-9,13-14,16-17,20H,6-7,10H2,1H3. The number of imidazole rings is 1. The zero-order valence-electron chi connectivity index (χ0n) is 11.7. The van der Waals surface area contributed by atoms with E-state index >= 15 is 0 Å². The summed E-state index contributed by atoms with van der Waals surface area (Å²) in [7, 11) is 1.99. The van der Waals surface area contributed by atoms with Crippen LogP contribution < -0.4 is 0 Å². The van der Waals surface area contributed by atoms with Crippen LogP contribution in [0.2, 0.25) is 0 Å². The lowest BCUT2D eigenvalue weighted by Gasteiger charge is -2.13. The molecule has 2 aromatic rings. The highest BCUT2D eigenvalue weighted by molar-refractivity contribution is 5.39. The van der Waals surface area contributed by atoms with Crippen LogP contribution in [0.5, 0.6) is 0 Å². The minimum absolute atomic E-state index is 0.266. The molecule has 1 fully saturated rings. The molecule has 0 aliphatic heterocycles. The second kappa shape index (κ2) is 4.45. The van der Waals surface area contributed by atoms with Gasteiger partial charge in [0.25, 0.3) is 0 Å². The molecule has 3 nitrogen and oxygen atoms in total. The first kappa shape index (κ1) is 12.2. The Bertz CT molecular complexity index is 633. The summed E-state index contributed by atoms with van der Waals surface area (Å²) in [4.78, 5) is 4.33. The summed E-state index contributed by atoms with van der Waals surface area (Å²) < 4.78 is 2.00. The van der Waals surface area contributed by atoms with Crippen molar-refractivity contribution in [1.29, 1.82) is 0 Å². The molecule has 1 aromatic carbocycles. The van der Waals surface area contributed by atoms with Gasteiger partial charge < -0.3 is 9.67 Å². The van der Waals surface area contributed by atoms with Gasteiger partial charge in [-0.15, -0.1) is 0 Å². The molecule has 0 radical (unpaired) electrons. The Kier molecular flexibility index (Phi) is 2.71. The van der Waals surface area contributed by atoms with E-state index in [1.54, 1.807) is 6.20 Å². The van der Waals surface area contributed by atoms with Gasteiger partial charge in [-0.1, -0.05) is 24.3 Å². The largest absolute Gasteiger partial charge is 0.392 e. The van der Waals surface area contributed by atoms with Gasteiger partial charge in [0.05, 0.1) is 6.10 Å². The number of aliphatic hydroxyl groups is 1. The molecule has 2 aliphatic rings. The molecule has 4 rings (SSSR count). The van der Waals surface area contributed by atoms with Crippen LogP contribution in [0.1, 0.15) is 29.3 Å². The lowest BCUT2D eigenvalue weighted by Crippen LogP contribution is -2.17. The highest BCUT2D eigenvalue weighted by atomic mass is 16.3. The maximum absolute atomic E-state index is 10.6. The highest BCUT2D eigenvalue weighted by Crippen LogP contribution is 2.61. The second-order valence-corrected chi connectivity index (χ2v) is 6.23. The second-order valence-electron chi connectivity index (χ2n) is 6.23. The fraction of sp³-hybridized carbons (Fsp3) is 0.471. The number of aryl methyl sites for hydroxylation is 2. The predicted octanol–water partition coefficient (Wildman–Crippen LogP) is 2.30. The molecule has 1 N–H and O–H groups in total. The van der Waals surface area contributed by atoms with E-state index in [0.717, 1.165) is 5.82 Å². The molecule has 4 atom stereocenters. The fourth-order valence-corrected chi connectivity index (χ4v) is 4.06. The fourth-order valence-electron chi connectivity index (χ4n) is 4.06. The van der Waals surface area contributed by atoms with E-state index in [1.165, 1.54) is 24.0 Å². The van der Waals surface area contributed by atoms with Crippen molar-refractivity contribution in [3.8, 4) is 0 Å². The van der Waals surface area contributed by atoms with E-state index in [2.05, 4.69) is 29.2 Å². The summed E-state index contributed by atoms with van der Waals surface area (Å²) in [6.07, 6.45) is 6.54. The summed E-state index contributed by atoms with van der Waals surface area (Å²) in [6.45, 7) is 0. The maximum Gasteiger partial charge on any atom is 0.110 e. The van der Waals surface area contributed by atoms with Crippen LogP contribution in [0, 0.1) is 11.8 Å². The van der Waals surface area contributed by atoms with Crippen molar-refractivity contribution in [2.24, 2.45) is 18.9 Å². The van der Waals surface area contributed by atoms with E-state index in [-0.39, 0.29) is 6.10 Å². The quantitative estimate of drug-likeness (QED) is 0.927. The first-order chi connectivity index (χ1) is 9.75. The van der Waals surface area contributed by atoms with Gasteiger partial charge in [-0.2, -0.15) is 0 Å². The summed E-state index contributed by atoms with van der Waals surface area (Å²) in [5, 5.41) is 10.6. The Morgan fingerprint density at radius 2 is 2.25 bits per heavy atom. The highest BCUT2D eigenvalue weighted by Gasteiger charge is 2.56. The Labute approximate surface area is 119 Å². The average molecular weight is 268 g/mol. The molecule has 1 saturated carbocycles. The molecule has 20 heavy (non-hydrogen) atoms. The minimum atomic E-state index is -0.266. The van der Waals surface area contributed by atoms with Crippen LogP contribution in [0.25, 0.3) is 0 Å². The summed E-state index contributed by atoms with van der Waals surface area (Å²) >= 11 is 0. The van der Waals surface area contributed by atoms with Crippen molar-refractivity contribution in [2.75, 3.05) is 0 Å². The minimum Gasteiger partial charge on any atom is -0.392 e. The van der Waals surface area contributed by atoms with Crippen molar-refractivity contribution in [3.63, 3.8) is 0 Å². The normalized spacial score (nSPS) is 28.6. The molecule has 2 aliphatic carbocycles. The van der Waals surface area contributed by atoms with Crippen LogP contribution in [0.3, 0.4) is 0 Å². The lowest BCUT2D eigenvalue weighted by molar-refractivity contribution is 0.140. The zero-order valence-corrected chi connectivity index (χ0v) is 11.7. The molecule has 0 amide bonds. The topological polar surface area (TPSA) is 38.0 Å². The molecule has 0 saturated heterocycles. The number of benzene rings is 1. The number of hydrogen-bond donors (Lipinski definition) is 1. The first-order valence-electron chi connectivity index (χ1n) is 7.48. The smallest absolute Gasteiger partial charge is 0.110 e. The van der Waals surface area contributed by atoms with Gasteiger partial charge in [0.1, 0.15) is 5.82 Å². The Morgan fingerprint density at radius 3 is 3.05 bits per heavy atom. The van der Waals surface area contributed by atoms with Gasteiger partial charge in [0.15, 0.2) is 0 Å². The Morgan fingerprint density at radius 1 is 1.40 bits per heavy atom. The molecule has 0 spiro atoms. The first-order valence-corrected chi connectivity index (χ1v) is 7.48. The van der Waals surface area contributed by atoms with Crippen LogP contribution >= 0.6 is 0 Å². The van der Waals surface area contributed by atoms with Crippen LogP contribution in [0.15, 0.2) is 36.7 Å². The molecular weight excluding hydrogens is 248 g/mol. The third-order valence-electron chi connectivity index (χ3n) is 5.15. The number of fused-ring (bicyclic) bond motifs is 3. The van der Waals surface area contributed by atoms with Crippen molar-refractivity contribution in [2.45, 2.75) is 31.3 Å². The van der Waals surface area contributed by atoms with Gasteiger partial charge in [0, 0.05) is 25.9 Å². The van der Waals surface area contributed by atoms with Crippen molar-refractivity contribution >= 4 is 0 Å². The van der Waals surface area contributed by atoms with E-state index in [9.17, 15) is 5.11 Å². The van der Waals surface area contributed by atoms with Gasteiger partial charge in [-0.05, 0) is 41.7 Å². The van der Waals surface area contributed by atoms with Gasteiger partial charge >= 0.3 is 0 Å². The Hall–Kier alpha value is -1.61. The van der Waals surface area contributed by atoms with Gasteiger partial charge in [0.2, 0.25) is 0 Å². The van der Waals surface area contributed by atoms with E-state index in [1.807, 2.05) is 17.8 Å². The van der Waals surface area contributed by atoms with E-state index < -0.39 is 0 Å². The number of nitrogens with zero attached hydrogens (tertiary/aromatic N) is 2. The maximum atomic E-state index is 10.6. The van der Waals surface area contributed by atoms with E-state index in [4.69, 9.17) is 0 Å². The van der Waals surface area contributed by atoms with Crippen molar-refractivity contribution < 1.29 is 5.11 Å². The van der Waals surface area contributed by atoms with E-state index in [0.29, 0.717) is 24.2 Å². The average Bonchev–Trinajstić information content (AvgIpc) is 3.09. The molecule has 0 bridgehead atoms. The molecule has 4 unspecified atom stereocenters. The molecule has 1 aromatic heterocycles. The lowest BCUT2D eigenvalue weighted by atomic mass is 9.92. The molecule has 3 heteroatoms. The number of aliphatic hydroxyl groups excluding tert-OH is 1. The zero-order chi connectivity index (χ0) is 13.7. The van der Waals surface area contributed by atoms with Crippen LogP contribution in [0.4, 0.5) is 0 Å². The monoisotopic (exact) mass is 268 g/mol. The summed E-state index contributed by atoms with van der Waals surface area (Å²) in [5.41, 5.74) is 2.97. The van der Waals surface area contributed by atoms with Crippen LogP contribution in [-0.4, -0.2) is 20.8 Å². The summed E-state index contributed by atoms with van der Waals surface area (Å²) in [5.74, 6) is 2.67. The number of hydrogen-bond acceptors (Lipinski definition) is 2.